The molecule has 1 aromatic carbocycles. The third-order valence-corrected chi connectivity index (χ3v) is 6.41. The Labute approximate surface area is 165 Å². The summed E-state index contributed by atoms with van der Waals surface area (Å²) < 4.78 is 6.31. The van der Waals surface area contributed by atoms with Crippen LogP contribution in [0, 0.1) is 6.92 Å². The van der Waals surface area contributed by atoms with Crippen LogP contribution >= 0.6 is 0 Å². The fraction of sp³-hybridized carbons (Fsp3) is 0.591. The second kappa shape index (κ2) is 7.22. The predicted molar refractivity (Wildman–Crippen MR) is 104 cm³/mol. The van der Waals surface area contributed by atoms with Crippen molar-refractivity contribution in [1.29, 1.82) is 0 Å². The molecule has 6 heteroatoms. The number of rotatable bonds is 2. The molecule has 0 bridgehead atoms. The van der Waals surface area contributed by atoms with E-state index in [1.165, 1.54) is 0 Å². The number of benzene rings is 1. The van der Waals surface area contributed by atoms with E-state index in [-0.39, 0.29) is 17.6 Å². The van der Waals surface area contributed by atoms with Crippen molar-refractivity contribution in [2.75, 3.05) is 19.6 Å². The van der Waals surface area contributed by atoms with Crippen molar-refractivity contribution in [3.05, 3.63) is 29.3 Å². The second-order valence-corrected chi connectivity index (χ2v) is 8.43. The first-order chi connectivity index (χ1) is 13.4. The molecule has 28 heavy (non-hydrogen) atoms. The third-order valence-electron chi connectivity index (χ3n) is 6.41. The first-order valence-corrected chi connectivity index (χ1v) is 10.3. The highest BCUT2D eigenvalue weighted by molar-refractivity contribution is 6.00. The molecule has 0 aliphatic carbocycles. The van der Waals surface area contributed by atoms with Crippen molar-refractivity contribution in [3.8, 4) is 5.75 Å². The maximum Gasteiger partial charge on any atom is 0.245 e. The highest BCUT2D eigenvalue weighted by atomic mass is 16.5. The van der Waals surface area contributed by atoms with E-state index >= 15 is 0 Å². The molecule has 3 aliphatic rings. The fourth-order valence-corrected chi connectivity index (χ4v) is 4.68. The number of ketones is 1. The van der Waals surface area contributed by atoms with E-state index in [0.717, 1.165) is 31.5 Å². The van der Waals surface area contributed by atoms with Gasteiger partial charge in [-0.1, -0.05) is 11.6 Å². The lowest BCUT2D eigenvalue weighted by Gasteiger charge is -2.37. The SMILES string of the molecule is Cc1ccc2c(c1)C(=O)CC1(CCC(=O)N(C(C)C(=O)N3CCCC3)CC1)O2. The van der Waals surface area contributed by atoms with Gasteiger partial charge in [0.2, 0.25) is 11.8 Å². The number of Topliss-reactive ketones (excluding diaryl/α,β-unsaturated/α-hetero) is 1. The number of nitrogens with zero attached hydrogens (tertiary/aromatic N) is 2. The molecule has 0 saturated carbocycles. The van der Waals surface area contributed by atoms with Crippen molar-refractivity contribution in [2.24, 2.45) is 0 Å². The first-order valence-electron chi connectivity index (χ1n) is 10.3. The van der Waals surface area contributed by atoms with E-state index in [1.807, 2.05) is 36.9 Å². The van der Waals surface area contributed by atoms with E-state index in [2.05, 4.69) is 0 Å². The minimum absolute atomic E-state index is 0.0253. The molecule has 2 saturated heterocycles. The number of hydrogen-bond acceptors (Lipinski definition) is 4. The lowest BCUT2D eigenvalue weighted by Crippen LogP contribution is -2.49. The van der Waals surface area contributed by atoms with Crippen LogP contribution in [0.4, 0.5) is 0 Å². The molecule has 3 aliphatic heterocycles. The van der Waals surface area contributed by atoms with E-state index in [1.54, 1.807) is 4.90 Å². The van der Waals surface area contributed by atoms with Gasteiger partial charge >= 0.3 is 0 Å². The molecule has 2 atom stereocenters. The smallest absolute Gasteiger partial charge is 0.245 e. The van der Waals surface area contributed by atoms with Crippen LogP contribution in [-0.4, -0.2) is 58.7 Å². The van der Waals surface area contributed by atoms with Gasteiger partial charge in [0.15, 0.2) is 5.78 Å². The summed E-state index contributed by atoms with van der Waals surface area (Å²) in [6.07, 6.45) is 3.72. The largest absolute Gasteiger partial charge is 0.486 e. The molecule has 2 amide bonds. The monoisotopic (exact) mass is 384 g/mol. The van der Waals surface area contributed by atoms with Gasteiger partial charge in [0, 0.05) is 32.5 Å². The van der Waals surface area contributed by atoms with E-state index in [4.69, 9.17) is 4.74 Å². The molecule has 1 aromatic rings. The molecular weight excluding hydrogens is 356 g/mol. The topological polar surface area (TPSA) is 66.9 Å². The van der Waals surface area contributed by atoms with Gasteiger partial charge in [-0.05, 0) is 45.2 Å². The molecule has 3 heterocycles. The number of fused-ring (bicyclic) bond motifs is 1. The Hall–Kier alpha value is -2.37. The zero-order valence-corrected chi connectivity index (χ0v) is 16.7. The third kappa shape index (κ3) is 3.40. The maximum absolute atomic E-state index is 12.8. The van der Waals surface area contributed by atoms with E-state index in [0.29, 0.717) is 43.5 Å². The summed E-state index contributed by atoms with van der Waals surface area (Å²) in [5, 5.41) is 0. The summed E-state index contributed by atoms with van der Waals surface area (Å²) in [4.78, 5) is 41.9. The molecule has 0 aromatic heterocycles. The minimum atomic E-state index is -0.653. The van der Waals surface area contributed by atoms with E-state index < -0.39 is 11.6 Å². The molecule has 2 fully saturated rings. The Kier molecular flexibility index (Phi) is 4.89. The van der Waals surface area contributed by atoms with Crippen LogP contribution in [0.1, 0.15) is 61.4 Å². The number of hydrogen-bond donors (Lipinski definition) is 0. The Balaban J connectivity index is 1.51. The number of likely N-dealkylation sites (tertiary alicyclic amines) is 2. The van der Waals surface area contributed by atoms with Crippen molar-refractivity contribution in [2.45, 2.75) is 64.0 Å². The van der Waals surface area contributed by atoms with Gasteiger partial charge in [-0.25, -0.2) is 0 Å². The van der Waals surface area contributed by atoms with Crippen LogP contribution in [0.5, 0.6) is 5.75 Å². The minimum Gasteiger partial charge on any atom is -0.486 e. The van der Waals surface area contributed by atoms with Gasteiger partial charge in [0.05, 0.1) is 12.0 Å². The maximum atomic E-state index is 12.8. The Morgan fingerprint density at radius 1 is 1.14 bits per heavy atom. The second-order valence-electron chi connectivity index (χ2n) is 8.43. The summed E-state index contributed by atoms with van der Waals surface area (Å²) in [6.45, 7) is 5.78. The average molecular weight is 384 g/mol. The quantitative estimate of drug-likeness (QED) is 0.786. The van der Waals surface area contributed by atoms with Gasteiger partial charge in [-0.2, -0.15) is 0 Å². The lowest BCUT2D eigenvalue weighted by molar-refractivity contribution is -0.144. The summed E-state index contributed by atoms with van der Waals surface area (Å²) in [5.74, 6) is 0.696. The average Bonchev–Trinajstić information content (AvgIpc) is 3.16. The normalized spacial score (nSPS) is 26.1. The number of ether oxygens (including phenoxy) is 1. The molecule has 150 valence electrons. The molecule has 4 rings (SSSR count). The number of aryl methyl sites for hydroxylation is 1. The zero-order chi connectivity index (χ0) is 19.9. The van der Waals surface area contributed by atoms with Crippen LogP contribution in [0.15, 0.2) is 18.2 Å². The van der Waals surface area contributed by atoms with Crippen LogP contribution in [0.3, 0.4) is 0 Å². The van der Waals surface area contributed by atoms with Gasteiger partial charge in [0.1, 0.15) is 17.4 Å². The molecule has 1 spiro atoms. The predicted octanol–water partition coefficient (Wildman–Crippen LogP) is 2.72. The van der Waals surface area contributed by atoms with Gasteiger partial charge in [0.25, 0.3) is 0 Å². The molecule has 2 unspecified atom stereocenters. The number of amides is 2. The van der Waals surface area contributed by atoms with Crippen LogP contribution in [0.2, 0.25) is 0 Å². The lowest BCUT2D eigenvalue weighted by atomic mass is 9.84. The fourth-order valence-electron chi connectivity index (χ4n) is 4.68. The van der Waals surface area contributed by atoms with Crippen molar-refractivity contribution >= 4 is 17.6 Å². The Morgan fingerprint density at radius 3 is 2.64 bits per heavy atom. The van der Waals surface area contributed by atoms with Crippen LogP contribution in [0.25, 0.3) is 0 Å². The van der Waals surface area contributed by atoms with Gasteiger partial charge in [-0.15, -0.1) is 0 Å². The van der Waals surface area contributed by atoms with Crippen molar-refractivity contribution < 1.29 is 19.1 Å². The summed E-state index contributed by atoms with van der Waals surface area (Å²) in [7, 11) is 0. The molecule has 0 radical (unpaired) electrons. The molecule has 0 N–H and O–H groups in total. The van der Waals surface area contributed by atoms with E-state index in [9.17, 15) is 14.4 Å². The van der Waals surface area contributed by atoms with Gasteiger partial charge < -0.3 is 14.5 Å². The highest BCUT2D eigenvalue weighted by Crippen LogP contribution is 2.40. The standard InChI is InChI=1S/C22H28N2O4/c1-15-5-6-19-17(13-15)18(25)14-22(28-19)8-7-20(26)24(12-9-22)16(2)21(27)23-10-3-4-11-23/h5-6,13,16H,3-4,7-12,14H2,1-2H3. The number of carbonyl (C=O) groups is 3. The van der Waals surface area contributed by atoms with Gasteiger partial charge in [-0.3, -0.25) is 14.4 Å². The summed E-state index contributed by atoms with van der Waals surface area (Å²) >= 11 is 0. The number of carbonyl (C=O) groups excluding carboxylic acids is 3. The first kappa shape index (κ1) is 19.0. The van der Waals surface area contributed by atoms with Crippen molar-refractivity contribution in [3.63, 3.8) is 0 Å². The Morgan fingerprint density at radius 2 is 1.89 bits per heavy atom. The van der Waals surface area contributed by atoms with Crippen LogP contribution < -0.4 is 4.74 Å². The van der Waals surface area contributed by atoms with Crippen LogP contribution in [-0.2, 0) is 9.59 Å². The van der Waals surface area contributed by atoms with Crippen molar-refractivity contribution in [1.82, 2.24) is 9.80 Å². The Bertz CT molecular complexity index is 815. The zero-order valence-electron chi connectivity index (χ0n) is 16.7. The highest BCUT2D eigenvalue weighted by Gasteiger charge is 2.44. The molecular formula is C22H28N2O4. The summed E-state index contributed by atoms with van der Waals surface area (Å²) in [6, 6.07) is 5.20. The molecule has 6 nitrogen and oxygen atoms in total. The summed E-state index contributed by atoms with van der Waals surface area (Å²) in [5.41, 5.74) is 1.01.